The predicted molar refractivity (Wildman–Crippen MR) is 63.7 cm³/mol. The molecule has 5 heteroatoms. The van der Waals surface area contributed by atoms with Crippen molar-refractivity contribution >= 4 is 10.9 Å². The van der Waals surface area contributed by atoms with E-state index in [1.54, 1.807) is 6.07 Å². The molecular formula is C13H14F3NO. The molecule has 0 spiro atoms. The van der Waals surface area contributed by atoms with Gasteiger partial charge in [0.1, 0.15) is 5.75 Å². The van der Waals surface area contributed by atoms with Crippen molar-refractivity contribution in [1.29, 1.82) is 0 Å². The molecule has 0 saturated heterocycles. The second-order valence-electron chi connectivity index (χ2n) is 4.33. The number of rotatable bonds is 3. The third-order valence-electron chi connectivity index (χ3n) is 2.99. The van der Waals surface area contributed by atoms with E-state index in [1.165, 1.54) is 12.1 Å². The van der Waals surface area contributed by atoms with Crippen LogP contribution in [0.5, 0.6) is 5.75 Å². The molecule has 0 radical (unpaired) electrons. The van der Waals surface area contributed by atoms with Crippen molar-refractivity contribution in [2.24, 2.45) is 0 Å². The molecule has 0 saturated carbocycles. The first kappa shape index (κ1) is 12.8. The van der Waals surface area contributed by atoms with E-state index in [2.05, 4.69) is 23.6 Å². The molecule has 1 unspecified atom stereocenters. The number of hydrogen-bond acceptors (Lipinski definition) is 1. The highest BCUT2D eigenvalue weighted by molar-refractivity contribution is 5.82. The van der Waals surface area contributed by atoms with Crippen LogP contribution in [-0.4, -0.2) is 11.3 Å². The lowest BCUT2D eigenvalue weighted by molar-refractivity contribution is -0.274. The highest BCUT2D eigenvalue weighted by Crippen LogP contribution is 2.29. The molecule has 1 heterocycles. The molecule has 2 aromatic rings. The summed E-state index contributed by atoms with van der Waals surface area (Å²) in [6, 6.07) is 6.17. The summed E-state index contributed by atoms with van der Waals surface area (Å²) in [7, 11) is 0. The van der Waals surface area contributed by atoms with Gasteiger partial charge in [0.05, 0.1) is 0 Å². The van der Waals surface area contributed by atoms with Crippen molar-refractivity contribution in [2.75, 3.05) is 0 Å². The minimum absolute atomic E-state index is 0.190. The van der Waals surface area contributed by atoms with Gasteiger partial charge in [0.25, 0.3) is 0 Å². The van der Waals surface area contributed by atoms with Crippen LogP contribution in [0.1, 0.15) is 31.9 Å². The van der Waals surface area contributed by atoms with Crippen LogP contribution in [-0.2, 0) is 0 Å². The van der Waals surface area contributed by atoms with Gasteiger partial charge in [0.15, 0.2) is 0 Å². The van der Waals surface area contributed by atoms with Gasteiger partial charge >= 0.3 is 6.36 Å². The normalized spacial score (nSPS) is 13.8. The Hall–Kier alpha value is -1.65. The fourth-order valence-electron chi connectivity index (χ4n) is 1.82. The number of fused-ring (bicyclic) bond motifs is 1. The van der Waals surface area contributed by atoms with Gasteiger partial charge in [-0.2, -0.15) is 0 Å². The van der Waals surface area contributed by atoms with E-state index in [4.69, 9.17) is 0 Å². The monoisotopic (exact) mass is 257 g/mol. The number of aromatic nitrogens is 1. The molecule has 1 aromatic carbocycles. The summed E-state index contributed by atoms with van der Waals surface area (Å²) in [6.45, 7) is 4.13. The van der Waals surface area contributed by atoms with Crippen LogP contribution >= 0.6 is 0 Å². The molecule has 2 nitrogen and oxygen atoms in total. The van der Waals surface area contributed by atoms with Gasteiger partial charge < -0.3 is 9.72 Å². The summed E-state index contributed by atoms with van der Waals surface area (Å²) in [6.07, 6.45) is -3.68. The lowest BCUT2D eigenvalue weighted by atomic mass is 10.1. The van der Waals surface area contributed by atoms with Gasteiger partial charge in [-0.05, 0) is 36.6 Å². The minimum atomic E-state index is -4.65. The third kappa shape index (κ3) is 2.78. The Labute approximate surface area is 103 Å². The zero-order valence-corrected chi connectivity index (χ0v) is 10.1. The molecule has 0 bridgehead atoms. The van der Waals surface area contributed by atoms with E-state index in [1.807, 2.05) is 6.07 Å². The SMILES string of the molecule is CCC(C)c1cc2cc(OC(F)(F)F)ccc2[nH]1. The Morgan fingerprint density at radius 2 is 2.00 bits per heavy atom. The highest BCUT2D eigenvalue weighted by atomic mass is 19.4. The van der Waals surface area contributed by atoms with E-state index in [0.717, 1.165) is 23.0 Å². The van der Waals surface area contributed by atoms with E-state index in [0.29, 0.717) is 5.92 Å². The number of H-pyrrole nitrogens is 1. The van der Waals surface area contributed by atoms with Crippen molar-refractivity contribution in [2.45, 2.75) is 32.5 Å². The Kier molecular flexibility index (Phi) is 3.24. The second kappa shape index (κ2) is 4.55. The van der Waals surface area contributed by atoms with Crippen LogP contribution in [0, 0.1) is 0 Å². The molecule has 2 rings (SSSR count). The quantitative estimate of drug-likeness (QED) is 0.855. The van der Waals surface area contributed by atoms with Crippen molar-refractivity contribution < 1.29 is 17.9 Å². The smallest absolute Gasteiger partial charge is 0.406 e. The standard InChI is InChI=1S/C13H14F3NO/c1-3-8(2)12-7-9-6-10(18-13(14,15)16)4-5-11(9)17-12/h4-8,17H,3H2,1-2H3. The van der Waals surface area contributed by atoms with E-state index in [9.17, 15) is 13.2 Å². The van der Waals surface area contributed by atoms with Gasteiger partial charge in [-0.3, -0.25) is 0 Å². The number of halogens is 3. The molecule has 18 heavy (non-hydrogen) atoms. The number of alkyl halides is 3. The van der Waals surface area contributed by atoms with Gasteiger partial charge in [-0.1, -0.05) is 13.8 Å². The van der Waals surface area contributed by atoms with Crippen molar-refractivity contribution in [3.8, 4) is 5.75 Å². The summed E-state index contributed by atoms with van der Waals surface area (Å²) >= 11 is 0. The number of ether oxygens (including phenoxy) is 1. The minimum Gasteiger partial charge on any atom is -0.406 e. The fraction of sp³-hybridized carbons (Fsp3) is 0.385. The first-order valence-corrected chi connectivity index (χ1v) is 5.77. The Balaban J connectivity index is 2.34. The largest absolute Gasteiger partial charge is 0.573 e. The first-order chi connectivity index (χ1) is 8.39. The van der Waals surface area contributed by atoms with Crippen LogP contribution in [0.4, 0.5) is 13.2 Å². The molecule has 0 aliphatic rings. The third-order valence-corrected chi connectivity index (χ3v) is 2.99. The fourth-order valence-corrected chi connectivity index (χ4v) is 1.82. The van der Waals surface area contributed by atoms with Gasteiger partial charge in [0.2, 0.25) is 0 Å². The maximum atomic E-state index is 12.1. The molecule has 0 fully saturated rings. The van der Waals surface area contributed by atoms with Crippen molar-refractivity contribution in [1.82, 2.24) is 4.98 Å². The average Bonchev–Trinajstić information content (AvgIpc) is 2.68. The first-order valence-electron chi connectivity index (χ1n) is 5.77. The Morgan fingerprint density at radius 1 is 1.28 bits per heavy atom. The molecule has 1 aromatic heterocycles. The highest BCUT2D eigenvalue weighted by Gasteiger charge is 2.31. The lowest BCUT2D eigenvalue weighted by Gasteiger charge is -2.08. The molecule has 0 aliphatic heterocycles. The van der Waals surface area contributed by atoms with Crippen LogP contribution in [0.15, 0.2) is 24.3 Å². The Morgan fingerprint density at radius 3 is 2.61 bits per heavy atom. The summed E-state index contributed by atoms with van der Waals surface area (Å²) in [4.78, 5) is 3.20. The number of nitrogens with one attached hydrogen (secondary N) is 1. The average molecular weight is 257 g/mol. The summed E-state index contributed by atoms with van der Waals surface area (Å²) in [5.41, 5.74) is 1.84. The van der Waals surface area contributed by atoms with Crippen LogP contribution in [0.25, 0.3) is 10.9 Å². The maximum absolute atomic E-state index is 12.1. The maximum Gasteiger partial charge on any atom is 0.573 e. The van der Waals surface area contributed by atoms with Crippen molar-refractivity contribution in [3.05, 3.63) is 30.0 Å². The molecule has 1 N–H and O–H groups in total. The molecule has 1 atom stereocenters. The Bertz CT molecular complexity index is 545. The van der Waals surface area contributed by atoms with Gasteiger partial charge in [-0.15, -0.1) is 13.2 Å². The van der Waals surface area contributed by atoms with Crippen molar-refractivity contribution in [3.63, 3.8) is 0 Å². The van der Waals surface area contributed by atoms with Crippen LogP contribution in [0.2, 0.25) is 0 Å². The number of benzene rings is 1. The summed E-state index contributed by atoms with van der Waals surface area (Å²) in [5, 5.41) is 0.729. The number of aromatic amines is 1. The van der Waals surface area contributed by atoms with Crippen LogP contribution < -0.4 is 4.74 Å². The summed E-state index contributed by atoms with van der Waals surface area (Å²) < 4.78 is 40.2. The zero-order chi connectivity index (χ0) is 13.3. The predicted octanol–water partition coefficient (Wildman–Crippen LogP) is 4.58. The van der Waals surface area contributed by atoms with E-state index < -0.39 is 6.36 Å². The molecular weight excluding hydrogens is 243 g/mol. The van der Waals surface area contributed by atoms with Crippen LogP contribution in [0.3, 0.4) is 0 Å². The van der Waals surface area contributed by atoms with Gasteiger partial charge in [-0.25, -0.2) is 0 Å². The molecule has 0 aliphatic carbocycles. The number of hydrogen-bond donors (Lipinski definition) is 1. The topological polar surface area (TPSA) is 25.0 Å². The zero-order valence-electron chi connectivity index (χ0n) is 10.1. The lowest BCUT2D eigenvalue weighted by Crippen LogP contribution is -2.16. The van der Waals surface area contributed by atoms with Gasteiger partial charge in [0, 0.05) is 16.6 Å². The molecule has 98 valence electrons. The van der Waals surface area contributed by atoms with E-state index >= 15 is 0 Å². The molecule has 0 amide bonds. The van der Waals surface area contributed by atoms with E-state index in [-0.39, 0.29) is 5.75 Å². The second-order valence-corrected chi connectivity index (χ2v) is 4.33. The summed E-state index contributed by atoms with van der Waals surface area (Å²) in [5.74, 6) is 0.161.